The lowest BCUT2D eigenvalue weighted by molar-refractivity contribution is 0.307. The largest absolute Gasteiger partial charge is 0.494 e. The molecule has 0 aliphatic carbocycles. The van der Waals surface area contributed by atoms with Crippen molar-refractivity contribution in [1.29, 1.82) is 0 Å². The van der Waals surface area contributed by atoms with E-state index in [-0.39, 0.29) is 8.61 Å². The van der Waals surface area contributed by atoms with E-state index in [4.69, 9.17) is 4.74 Å². The predicted octanol–water partition coefficient (Wildman–Crippen LogP) is 3.24. The quantitative estimate of drug-likeness (QED) is 0.586. The van der Waals surface area contributed by atoms with Crippen LogP contribution in [0.15, 0.2) is 24.3 Å². The fraction of sp³-hybridized carbons (Fsp3) is 0.571. The molecule has 0 radical (unpaired) electrons. The fourth-order valence-corrected chi connectivity index (χ4v) is 2.52. The van der Waals surface area contributed by atoms with Gasteiger partial charge in [-0.05, 0) is 49.9 Å². The maximum Gasteiger partial charge on any atom is 0.245 e. The number of anilines is 1. The number of nitrogens with one attached hydrogen (secondary N) is 1. The Kier molecular flexibility index (Phi) is 6.12. The van der Waals surface area contributed by atoms with Crippen LogP contribution in [-0.2, 0) is 4.57 Å². The summed E-state index contributed by atoms with van der Waals surface area (Å²) >= 11 is 0. The van der Waals surface area contributed by atoms with Crippen LogP contribution in [-0.4, -0.2) is 26.2 Å². The van der Waals surface area contributed by atoms with E-state index in [0.717, 1.165) is 25.1 Å². The van der Waals surface area contributed by atoms with Crippen LogP contribution < -0.4 is 14.7 Å². The number of hydrogen-bond acceptors (Lipinski definition) is 3. The van der Waals surface area contributed by atoms with Gasteiger partial charge in [0.2, 0.25) is 8.61 Å². The Morgan fingerprint density at radius 2 is 1.89 bits per heavy atom. The zero-order valence-corrected chi connectivity index (χ0v) is 12.1. The van der Waals surface area contributed by atoms with E-state index in [0.29, 0.717) is 6.61 Å². The van der Waals surface area contributed by atoms with Crippen LogP contribution in [0.5, 0.6) is 5.75 Å². The van der Waals surface area contributed by atoms with Gasteiger partial charge in [0, 0.05) is 25.3 Å². The van der Waals surface area contributed by atoms with E-state index in [1.54, 1.807) is 0 Å². The minimum atomic E-state index is 0.0110. The van der Waals surface area contributed by atoms with E-state index in [9.17, 15) is 4.57 Å². The zero-order chi connectivity index (χ0) is 13.3. The Labute approximate surface area is 116 Å². The third kappa shape index (κ3) is 4.81. The van der Waals surface area contributed by atoms with Crippen LogP contribution >= 0.6 is 8.61 Å². The third-order valence-electron chi connectivity index (χ3n) is 3.32. The van der Waals surface area contributed by atoms with E-state index in [2.05, 4.69) is 22.1 Å². The van der Waals surface area contributed by atoms with Gasteiger partial charge >= 0.3 is 0 Å². The molecular formula is C14H21N2O2P. The number of unbranched alkanes of at least 4 members (excludes halogenated alkanes) is 1. The fourth-order valence-electron chi connectivity index (χ4n) is 2.27. The van der Waals surface area contributed by atoms with Crippen LogP contribution in [0.2, 0.25) is 0 Å². The highest BCUT2D eigenvalue weighted by Crippen LogP contribution is 2.23. The first kappa shape index (κ1) is 14.3. The van der Waals surface area contributed by atoms with Gasteiger partial charge in [0.15, 0.2) is 0 Å². The van der Waals surface area contributed by atoms with Gasteiger partial charge in [0.25, 0.3) is 0 Å². The maximum atomic E-state index is 10.2. The Hall–Kier alpha value is -1.12. The highest BCUT2D eigenvalue weighted by Gasteiger charge is 2.11. The smallest absolute Gasteiger partial charge is 0.245 e. The summed E-state index contributed by atoms with van der Waals surface area (Å²) in [6.07, 6.45) is 4.54. The third-order valence-corrected chi connectivity index (χ3v) is 3.68. The molecule has 1 aromatic rings. The van der Waals surface area contributed by atoms with Crippen molar-refractivity contribution in [2.24, 2.45) is 0 Å². The van der Waals surface area contributed by atoms with Gasteiger partial charge in [0.05, 0.1) is 6.61 Å². The van der Waals surface area contributed by atoms with Crippen molar-refractivity contribution in [3.8, 4) is 5.75 Å². The molecule has 2 rings (SSSR count). The summed E-state index contributed by atoms with van der Waals surface area (Å²) < 4.78 is 15.8. The van der Waals surface area contributed by atoms with Crippen molar-refractivity contribution < 1.29 is 9.30 Å². The van der Waals surface area contributed by atoms with Crippen LogP contribution in [0, 0.1) is 0 Å². The number of ether oxygens (including phenoxy) is 1. The van der Waals surface area contributed by atoms with Crippen molar-refractivity contribution in [2.45, 2.75) is 25.7 Å². The molecule has 1 aliphatic heterocycles. The zero-order valence-electron chi connectivity index (χ0n) is 11.2. The van der Waals surface area contributed by atoms with Crippen molar-refractivity contribution in [2.75, 3.05) is 31.1 Å². The average molecular weight is 280 g/mol. The predicted molar refractivity (Wildman–Crippen MR) is 78.2 cm³/mol. The first-order valence-corrected chi connectivity index (χ1v) is 7.74. The van der Waals surface area contributed by atoms with Crippen molar-refractivity contribution in [3.05, 3.63) is 24.3 Å². The van der Waals surface area contributed by atoms with E-state index in [1.165, 1.54) is 31.6 Å². The molecule has 1 aromatic carbocycles. The molecule has 19 heavy (non-hydrogen) atoms. The monoisotopic (exact) mass is 280 g/mol. The number of rotatable bonds is 8. The number of nitrogens with zero attached hydrogens (tertiary/aromatic N) is 1. The van der Waals surface area contributed by atoms with E-state index in [1.807, 2.05) is 12.1 Å². The minimum absolute atomic E-state index is 0.0110. The number of benzene rings is 1. The number of hydrogen-bond donors (Lipinski definition) is 1. The second kappa shape index (κ2) is 8.13. The summed E-state index contributed by atoms with van der Waals surface area (Å²) in [6.45, 7) is 3.82. The van der Waals surface area contributed by atoms with Gasteiger partial charge in [-0.25, -0.2) is 5.09 Å². The lowest BCUT2D eigenvalue weighted by Gasteiger charge is -2.17. The van der Waals surface area contributed by atoms with Crippen molar-refractivity contribution in [1.82, 2.24) is 5.09 Å². The Balaban J connectivity index is 1.68. The molecule has 1 aliphatic rings. The molecule has 1 saturated heterocycles. The SMILES string of the molecule is O=PNCCCCOc1ccc(N2CCCC2)cc1. The Morgan fingerprint density at radius 1 is 1.16 bits per heavy atom. The molecule has 0 amide bonds. The topological polar surface area (TPSA) is 41.6 Å². The molecule has 0 saturated carbocycles. The van der Waals surface area contributed by atoms with Crippen molar-refractivity contribution >= 4 is 14.3 Å². The molecule has 104 valence electrons. The molecule has 0 bridgehead atoms. The van der Waals surface area contributed by atoms with Crippen LogP contribution in [0.1, 0.15) is 25.7 Å². The summed E-state index contributed by atoms with van der Waals surface area (Å²) in [7, 11) is 0.0110. The van der Waals surface area contributed by atoms with E-state index < -0.39 is 0 Å². The molecule has 1 heterocycles. The second-order valence-corrected chi connectivity index (χ2v) is 5.24. The van der Waals surface area contributed by atoms with Gasteiger partial charge in [-0.15, -0.1) is 0 Å². The lowest BCUT2D eigenvalue weighted by atomic mass is 10.3. The molecule has 0 spiro atoms. The summed E-state index contributed by atoms with van der Waals surface area (Å²) in [6, 6.07) is 8.36. The van der Waals surface area contributed by atoms with Gasteiger partial charge in [-0.1, -0.05) is 0 Å². The Bertz CT molecular complexity index is 378. The standard InChI is InChI=1S/C14H21N2O2P/c17-19-15-9-1-4-12-18-14-7-5-13(6-8-14)16-10-2-3-11-16/h5-8H,1-4,9-12H2,(H,15,17). The van der Waals surface area contributed by atoms with Crippen LogP contribution in [0.25, 0.3) is 0 Å². The first-order valence-electron chi connectivity index (χ1n) is 6.93. The molecule has 4 nitrogen and oxygen atoms in total. The molecule has 1 N–H and O–H groups in total. The van der Waals surface area contributed by atoms with Crippen LogP contribution in [0.4, 0.5) is 5.69 Å². The molecule has 0 unspecified atom stereocenters. The van der Waals surface area contributed by atoms with Gasteiger partial charge in [0.1, 0.15) is 5.75 Å². The summed E-state index contributed by atoms with van der Waals surface area (Å²) in [5.41, 5.74) is 1.29. The van der Waals surface area contributed by atoms with E-state index >= 15 is 0 Å². The maximum absolute atomic E-state index is 10.2. The summed E-state index contributed by atoms with van der Waals surface area (Å²) in [4.78, 5) is 2.41. The molecule has 5 heteroatoms. The molecule has 1 fully saturated rings. The minimum Gasteiger partial charge on any atom is -0.494 e. The summed E-state index contributed by atoms with van der Waals surface area (Å²) in [5, 5.41) is 2.74. The molecule has 0 aromatic heterocycles. The van der Waals surface area contributed by atoms with Gasteiger partial charge in [-0.3, -0.25) is 4.57 Å². The average Bonchev–Trinajstić information content (AvgIpc) is 2.97. The van der Waals surface area contributed by atoms with Gasteiger partial charge in [-0.2, -0.15) is 0 Å². The van der Waals surface area contributed by atoms with Gasteiger partial charge < -0.3 is 9.64 Å². The molecule has 0 atom stereocenters. The Morgan fingerprint density at radius 3 is 2.58 bits per heavy atom. The van der Waals surface area contributed by atoms with Crippen LogP contribution in [0.3, 0.4) is 0 Å². The summed E-state index contributed by atoms with van der Waals surface area (Å²) in [5.74, 6) is 0.929. The second-order valence-electron chi connectivity index (χ2n) is 4.74. The molecular weight excluding hydrogens is 259 g/mol. The first-order chi connectivity index (χ1) is 9.40. The lowest BCUT2D eigenvalue weighted by Crippen LogP contribution is -2.17. The van der Waals surface area contributed by atoms with Crippen molar-refractivity contribution in [3.63, 3.8) is 0 Å². The normalized spacial score (nSPS) is 15.1. The highest BCUT2D eigenvalue weighted by atomic mass is 31.1. The highest BCUT2D eigenvalue weighted by molar-refractivity contribution is 7.21.